The Morgan fingerprint density at radius 2 is 2.26 bits per heavy atom. The molecule has 0 radical (unpaired) electrons. The first-order valence-corrected chi connectivity index (χ1v) is 9.16. The predicted molar refractivity (Wildman–Crippen MR) is 109 cm³/mol. The first-order chi connectivity index (χ1) is 12.9. The number of ether oxygens (including phenoxy) is 1. The Balaban J connectivity index is 2.14. The minimum atomic E-state index is -0.491. The van der Waals surface area contributed by atoms with Crippen molar-refractivity contribution in [1.82, 2.24) is 15.1 Å². The Bertz CT molecular complexity index is 898. The van der Waals surface area contributed by atoms with E-state index in [4.69, 9.17) is 16.3 Å². The molecule has 0 unspecified atom stereocenters. The molecule has 27 heavy (non-hydrogen) atoms. The first-order valence-electron chi connectivity index (χ1n) is 7.71. The molecule has 0 aliphatic carbocycles. The second-order valence-corrected chi connectivity index (χ2v) is 6.82. The number of oxime groups is 1. The summed E-state index contributed by atoms with van der Waals surface area (Å²) in [5, 5.41) is 10.7. The summed E-state index contributed by atoms with van der Waals surface area (Å²) in [4.78, 5) is 16.5. The molecule has 7 nitrogen and oxygen atoms in total. The molecule has 1 N–H and O–H groups in total. The van der Waals surface area contributed by atoms with Crippen molar-refractivity contribution in [2.75, 3.05) is 20.8 Å². The van der Waals surface area contributed by atoms with Gasteiger partial charge in [0.15, 0.2) is 5.71 Å². The molecule has 0 fully saturated rings. The van der Waals surface area contributed by atoms with Crippen LogP contribution in [0, 0.1) is 9.39 Å². The molecular formula is C17H17ClFIN4O3. The van der Waals surface area contributed by atoms with Crippen LogP contribution in [0.15, 0.2) is 41.2 Å². The lowest BCUT2D eigenvalue weighted by atomic mass is 10.1. The van der Waals surface area contributed by atoms with E-state index in [9.17, 15) is 9.18 Å². The van der Waals surface area contributed by atoms with Gasteiger partial charge in [0.05, 0.1) is 3.57 Å². The predicted octanol–water partition coefficient (Wildman–Crippen LogP) is 3.34. The van der Waals surface area contributed by atoms with Crippen LogP contribution in [0.2, 0.25) is 5.02 Å². The summed E-state index contributed by atoms with van der Waals surface area (Å²) in [5.74, 6) is -0.531. The molecule has 0 bridgehead atoms. The van der Waals surface area contributed by atoms with Crippen LogP contribution in [0.4, 0.5) is 4.39 Å². The minimum absolute atomic E-state index is 0.141. The molecule has 0 aliphatic rings. The molecule has 0 spiro atoms. The number of nitrogens with zero attached hydrogens (tertiary/aromatic N) is 3. The number of amides is 1. The van der Waals surface area contributed by atoms with Crippen molar-refractivity contribution in [2.24, 2.45) is 5.16 Å². The Hall–Kier alpha value is -2.14. The summed E-state index contributed by atoms with van der Waals surface area (Å²) in [7, 11) is 2.86. The van der Waals surface area contributed by atoms with E-state index in [2.05, 4.69) is 20.4 Å². The van der Waals surface area contributed by atoms with Crippen molar-refractivity contribution in [3.8, 4) is 11.6 Å². The topological polar surface area (TPSA) is 77.7 Å². The zero-order valence-electron chi connectivity index (χ0n) is 14.8. The van der Waals surface area contributed by atoms with Gasteiger partial charge < -0.3 is 14.9 Å². The number of carbonyl (C=O) groups is 1. The van der Waals surface area contributed by atoms with Gasteiger partial charge in [-0.1, -0.05) is 16.8 Å². The number of aromatic nitrogens is 2. The fourth-order valence-corrected chi connectivity index (χ4v) is 2.76. The third-order valence-corrected chi connectivity index (χ3v) is 4.38. The number of hydrogen-bond acceptors (Lipinski definition) is 5. The van der Waals surface area contributed by atoms with Crippen molar-refractivity contribution in [3.63, 3.8) is 0 Å². The Morgan fingerprint density at radius 1 is 1.52 bits per heavy atom. The monoisotopic (exact) mass is 506 g/mol. The van der Waals surface area contributed by atoms with Crippen molar-refractivity contribution >= 4 is 45.8 Å². The van der Waals surface area contributed by atoms with Crippen LogP contribution in [-0.4, -0.2) is 42.2 Å². The summed E-state index contributed by atoms with van der Waals surface area (Å²) in [6.07, 6.45) is 3.31. The molecule has 10 heteroatoms. The highest BCUT2D eigenvalue weighted by Gasteiger charge is 2.14. The lowest BCUT2D eigenvalue weighted by molar-refractivity contribution is -0.114. The molecule has 1 amide bonds. The summed E-state index contributed by atoms with van der Waals surface area (Å²) in [6, 6.07) is 4.33. The van der Waals surface area contributed by atoms with Gasteiger partial charge in [-0.05, 0) is 59.4 Å². The van der Waals surface area contributed by atoms with Gasteiger partial charge >= 0.3 is 0 Å². The molecule has 1 aromatic heterocycles. The summed E-state index contributed by atoms with van der Waals surface area (Å²) in [6.45, 7) is 1.85. The Labute approximate surface area is 174 Å². The summed E-state index contributed by atoms with van der Waals surface area (Å²) >= 11 is 7.81. The quantitative estimate of drug-likeness (QED) is 0.355. The number of nitrogens with one attached hydrogen (secondary N) is 1. The average molecular weight is 507 g/mol. The fraction of sp³-hybridized carbons (Fsp3) is 0.235. The second-order valence-electron chi connectivity index (χ2n) is 5.22. The largest absolute Gasteiger partial charge is 0.472 e. The maximum absolute atomic E-state index is 14.0. The lowest BCUT2D eigenvalue weighted by Crippen LogP contribution is -2.28. The third-order valence-electron chi connectivity index (χ3n) is 3.40. The van der Waals surface area contributed by atoms with Gasteiger partial charge in [0.1, 0.15) is 25.2 Å². The number of rotatable bonds is 7. The Morgan fingerprint density at radius 3 is 2.89 bits per heavy atom. The number of benzene rings is 1. The van der Waals surface area contributed by atoms with Crippen LogP contribution in [0.1, 0.15) is 6.92 Å². The van der Waals surface area contributed by atoms with Gasteiger partial charge in [0.25, 0.3) is 5.91 Å². The molecular weight excluding hydrogens is 490 g/mol. The third kappa shape index (κ3) is 5.42. The molecule has 0 saturated heterocycles. The van der Waals surface area contributed by atoms with Gasteiger partial charge in [0.2, 0.25) is 5.88 Å². The zero-order valence-corrected chi connectivity index (χ0v) is 17.7. The SMILES string of the molecule is CNC(=O)C(=N/OC)/C(C)=C\COc1nn(-c2ccc(Cl)cc2F)cc1I. The molecule has 2 rings (SSSR count). The molecule has 1 heterocycles. The van der Waals surface area contributed by atoms with Gasteiger partial charge in [0, 0.05) is 18.3 Å². The van der Waals surface area contributed by atoms with Crippen molar-refractivity contribution in [2.45, 2.75) is 6.92 Å². The average Bonchev–Trinajstić information content (AvgIpc) is 2.99. The van der Waals surface area contributed by atoms with Crippen molar-refractivity contribution < 1.29 is 18.8 Å². The van der Waals surface area contributed by atoms with E-state index in [-0.39, 0.29) is 23.9 Å². The highest BCUT2D eigenvalue weighted by atomic mass is 127. The molecule has 0 saturated carbocycles. The van der Waals surface area contributed by atoms with E-state index in [1.807, 2.05) is 22.6 Å². The van der Waals surface area contributed by atoms with Crippen LogP contribution in [-0.2, 0) is 9.63 Å². The van der Waals surface area contributed by atoms with E-state index in [0.29, 0.717) is 20.0 Å². The lowest BCUT2D eigenvalue weighted by Gasteiger charge is -2.05. The van der Waals surface area contributed by atoms with Crippen LogP contribution < -0.4 is 10.1 Å². The maximum Gasteiger partial charge on any atom is 0.273 e. The number of halogens is 3. The Kier molecular flexibility index (Phi) is 7.60. The van der Waals surface area contributed by atoms with Crippen LogP contribution in [0.5, 0.6) is 5.88 Å². The summed E-state index contributed by atoms with van der Waals surface area (Å²) < 4.78 is 21.7. The maximum atomic E-state index is 14.0. The zero-order chi connectivity index (χ0) is 20.0. The van der Waals surface area contributed by atoms with Crippen LogP contribution in [0.25, 0.3) is 5.69 Å². The number of hydrogen-bond donors (Lipinski definition) is 1. The van der Waals surface area contributed by atoms with Gasteiger partial charge in [-0.2, -0.15) is 0 Å². The first kappa shape index (κ1) is 21.2. The van der Waals surface area contributed by atoms with E-state index >= 15 is 0 Å². The van der Waals surface area contributed by atoms with E-state index in [0.717, 1.165) is 0 Å². The molecule has 1 aromatic carbocycles. The van der Waals surface area contributed by atoms with Crippen LogP contribution in [0.3, 0.4) is 0 Å². The minimum Gasteiger partial charge on any atom is -0.472 e. The highest BCUT2D eigenvalue weighted by Crippen LogP contribution is 2.23. The van der Waals surface area contributed by atoms with Gasteiger partial charge in [-0.15, -0.1) is 5.10 Å². The van der Waals surface area contributed by atoms with E-state index < -0.39 is 5.82 Å². The highest BCUT2D eigenvalue weighted by molar-refractivity contribution is 14.1. The molecule has 2 aromatic rings. The smallest absolute Gasteiger partial charge is 0.273 e. The number of carbonyl (C=O) groups excluding carboxylic acids is 1. The van der Waals surface area contributed by atoms with Crippen molar-refractivity contribution in [1.29, 1.82) is 0 Å². The molecule has 0 aliphatic heterocycles. The summed E-state index contributed by atoms with van der Waals surface area (Å²) in [5.41, 5.74) is 0.981. The standard InChI is InChI=1S/C17H17ClFIN4O3/c1-10(15(23-26-3)16(25)21-2)6-7-27-17-13(20)9-24(22-17)14-5-4-11(18)8-12(14)19/h4-6,8-9H,7H2,1-3H3,(H,21,25)/b10-6-,23-15+. The van der Waals surface area contributed by atoms with Crippen molar-refractivity contribution in [3.05, 3.63) is 50.5 Å². The van der Waals surface area contributed by atoms with E-state index in [1.54, 1.807) is 25.3 Å². The van der Waals surface area contributed by atoms with Gasteiger partial charge in [-0.3, -0.25) is 4.79 Å². The fourth-order valence-electron chi connectivity index (χ4n) is 2.07. The van der Waals surface area contributed by atoms with Gasteiger partial charge in [-0.25, -0.2) is 9.07 Å². The van der Waals surface area contributed by atoms with E-state index in [1.165, 1.54) is 31.0 Å². The molecule has 144 valence electrons. The second kappa shape index (κ2) is 9.70. The van der Waals surface area contributed by atoms with Crippen LogP contribution >= 0.6 is 34.2 Å². The molecule has 0 atom stereocenters. The normalized spacial score (nSPS) is 12.1.